The van der Waals surface area contributed by atoms with Crippen molar-refractivity contribution < 1.29 is 14.3 Å². The number of anilines is 1. The number of nitrogens with one attached hydrogen (secondary N) is 1. The van der Waals surface area contributed by atoms with Crippen molar-refractivity contribution in [3.63, 3.8) is 0 Å². The number of hydrogen-bond acceptors (Lipinski definition) is 9. The molecule has 0 aliphatic carbocycles. The van der Waals surface area contributed by atoms with Crippen LogP contribution in [0.25, 0.3) is 5.69 Å². The molecule has 0 atom stereocenters. The number of ether oxygens (including phenoxy) is 1. The highest BCUT2D eigenvalue weighted by molar-refractivity contribution is 8.01. The summed E-state index contributed by atoms with van der Waals surface area (Å²) in [6, 6.07) is 7.19. The van der Waals surface area contributed by atoms with Crippen LogP contribution in [0.4, 0.5) is 5.13 Å². The van der Waals surface area contributed by atoms with Crippen molar-refractivity contribution in [2.45, 2.75) is 17.7 Å². The summed E-state index contributed by atoms with van der Waals surface area (Å²) in [5.74, 6) is -0.398. The molecule has 1 aromatic carbocycles. The Morgan fingerprint density at radius 1 is 1.34 bits per heavy atom. The van der Waals surface area contributed by atoms with Gasteiger partial charge in [0.15, 0.2) is 13.4 Å². The van der Waals surface area contributed by atoms with E-state index in [1.807, 2.05) is 12.1 Å². The largest absolute Gasteiger partial charge is 0.466 e. The summed E-state index contributed by atoms with van der Waals surface area (Å²) in [6.07, 6.45) is 0.0837. The maximum Gasteiger partial charge on any atom is 0.311 e. The van der Waals surface area contributed by atoms with Crippen molar-refractivity contribution in [2.75, 3.05) is 17.7 Å². The second kappa shape index (κ2) is 10.3. The van der Waals surface area contributed by atoms with E-state index in [-0.39, 0.29) is 24.1 Å². The molecule has 7 nitrogen and oxygen atoms in total. The zero-order valence-corrected chi connectivity index (χ0v) is 19.1. The van der Waals surface area contributed by atoms with Gasteiger partial charge in [0.25, 0.3) is 0 Å². The minimum atomic E-state index is -0.344. The maximum atomic E-state index is 12.2. The molecule has 1 amide bonds. The number of halogens is 1. The van der Waals surface area contributed by atoms with Crippen molar-refractivity contribution >= 4 is 75.3 Å². The summed E-state index contributed by atoms with van der Waals surface area (Å²) in [7, 11) is 0. The number of nitrogens with zero attached hydrogens (tertiary/aromatic N) is 3. The third-order valence-corrected chi connectivity index (χ3v) is 6.78. The Morgan fingerprint density at radius 3 is 2.83 bits per heavy atom. The lowest BCUT2D eigenvalue weighted by molar-refractivity contribution is -0.142. The van der Waals surface area contributed by atoms with E-state index in [0.29, 0.717) is 30.7 Å². The molecular weight excluding hydrogens is 472 g/mol. The number of carbonyl (C=O) groups is 2. The lowest BCUT2D eigenvalue weighted by Crippen LogP contribution is -2.14. The molecule has 0 radical (unpaired) electrons. The fourth-order valence-electron chi connectivity index (χ4n) is 2.15. The number of carbonyl (C=O) groups excluding carboxylic acids is 2. The van der Waals surface area contributed by atoms with E-state index in [9.17, 15) is 9.59 Å². The molecule has 0 fully saturated rings. The van der Waals surface area contributed by atoms with Crippen LogP contribution in [0.3, 0.4) is 0 Å². The Morgan fingerprint density at radius 2 is 2.10 bits per heavy atom. The van der Waals surface area contributed by atoms with Gasteiger partial charge >= 0.3 is 5.97 Å². The Labute approximate surface area is 189 Å². The van der Waals surface area contributed by atoms with Gasteiger partial charge in [-0.1, -0.05) is 34.7 Å². The molecule has 0 saturated carbocycles. The quantitative estimate of drug-likeness (QED) is 0.282. The van der Waals surface area contributed by atoms with Crippen LogP contribution in [0.2, 0.25) is 5.02 Å². The summed E-state index contributed by atoms with van der Waals surface area (Å²) < 4.78 is 7.79. The van der Waals surface area contributed by atoms with Gasteiger partial charge in [0.2, 0.25) is 5.91 Å². The van der Waals surface area contributed by atoms with Gasteiger partial charge in [0.05, 0.1) is 30.2 Å². The second-order valence-corrected chi connectivity index (χ2v) is 9.62. The summed E-state index contributed by atoms with van der Waals surface area (Å²) in [5.41, 5.74) is 1.37. The summed E-state index contributed by atoms with van der Waals surface area (Å²) >= 11 is 15.1. The molecule has 1 N–H and O–H groups in total. The smallest absolute Gasteiger partial charge is 0.311 e. The molecular formula is C17H15ClN4O3S4. The number of aromatic nitrogens is 3. The summed E-state index contributed by atoms with van der Waals surface area (Å²) in [4.78, 5) is 27.9. The SMILES string of the molecule is CCOC(=O)Cc1csc(NC(=O)CSc2nn(-c3ccc(Cl)cc3)c(=S)s2)n1. The molecule has 0 unspecified atom stereocenters. The van der Waals surface area contributed by atoms with Gasteiger partial charge in [-0.15, -0.1) is 16.4 Å². The van der Waals surface area contributed by atoms with Gasteiger partial charge in [-0.25, -0.2) is 9.67 Å². The van der Waals surface area contributed by atoms with Crippen LogP contribution in [0.5, 0.6) is 0 Å². The number of thiazole rings is 1. The Bertz CT molecular complexity index is 1060. The predicted octanol–water partition coefficient (Wildman–Crippen LogP) is 4.61. The van der Waals surface area contributed by atoms with Crippen molar-refractivity contribution in [1.82, 2.24) is 14.8 Å². The molecule has 12 heteroatoms. The van der Waals surface area contributed by atoms with Crippen LogP contribution < -0.4 is 5.32 Å². The molecule has 0 spiro atoms. The van der Waals surface area contributed by atoms with Crippen LogP contribution >= 0.6 is 58.3 Å². The summed E-state index contributed by atoms with van der Waals surface area (Å²) in [6.45, 7) is 2.07. The first-order chi connectivity index (χ1) is 13.9. The molecule has 2 heterocycles. The minimum Gasteiger partial charge on any atom is -0.466 e. The van der Waals surface area contributed by atoms with E-state index in [2.05, 4.69) is 15.4 Å². The zero-order chi connectivity index (χ0) is 20.8. The molecule has 3 rings (SSSR count). The number of thioether (sulfide) groups is 1. The van der Waals surface area contributed by atoms with Crippen molar-refractivity contribution in [3.8, 4) is 5.69 Å². The van der Waals surface area contributed by atoms with Crippen LogP contribution in [-0.2, 0) is 20.7 Å². The fraction of sp³-hybridized carbons (Fsp3) is 0.235. The lowest BCUT2D eigenvalue weighted by Gasteiger charge is -2.01. The highest BCUT2D eigenvalue weighted by Crippen LogP contribution is 2.25. The first kappa shape index (κ1) is 21.9. The van der Waals surface area contributed by atoms with E-state index in [4.69, 9.17) is 28.6 Å². The van der Waals surface area contributed by atoms with Gasteiger partial charge < -0.3 is 10.1 Å². The monoisotopic (exact) mass is 486 g/mol. The minimum absolute atomic E-state index is 0.0837. The highest BCUT2D eigenvalue weighted by atomic mass is 35.5. The molecule has 0 aliphatic heterocycles. The average molecular weight is 487 g/mol. The van der Waals surface area contributed by atoms with E-state index < -0.39 is 0 Å². The van der Waals surface area contributed by atoms with E-state index in [0.717, 1.165) is 5.69 Å². The topological polar surface area (TPSA) is 86.1 Å². The Kier molecular flexibility index (Phi) is 7.78. The normalized spacial score (nSPS) is 10.7. The number of amides is 1. The number of esters is 1. The van der Waals surface area contributed by atoms with Crippen LogP contribution in [0.1, 0.15) is 12.6 Å². The Balaban J connectivity index is 1.54. The zero-order valence-electron chi connectivity index (χ0n) is 15.1. The average Bonchev–Trinajstić information content (AvgIpc) is 3.27. The van der Waals surface area contributed by atoms with Gasteiger partial charge in [-0.2, -0.15) is 0 Å². The molecule has 0 saturated heterocycles. The summed E-state index contributed by atoms with van der Waals surface area (Å²) in [5, 5.41) is 9.97. The first-order valence-corrected chi connectivity index (χ1v) is 11.8. The van der Waals surface area contributed by atoms with E-state index >= 15 is 0 Å². The van der Waals surface area contributed by atoms with Gasteiger partial charge in [0.1, 0.15) is 0 Å². The van der Waals surface area contributed by atoms with Crippen molar-refractivity contribution in [3.05, 3.63) is 44.3 Å². The van der Waals surface area contributed by atoms with Crippen LogP contribution in [0, 0.1) is 3.95 Å². The number of rotatable bonds is 8. The number of benzene rings is 1. The molecule has 2 aromatic heterocycles. The second-order valence-electron chi connectivity index (χ2n) is 5.48. The molecule has 0 bridgehead atoms. The maximum absolute atomic E-state index is 12.2. The lowest BCUT2D eigenvalue weighted by atomic mass is 10.3. The van der Waals surface area contributed by atoms with Gasteiger partial charge in [0, 0.05) is 10.4 Å². The Hall–Kier alpha value is -1.79. The van der Waals surface area contributed by atoms with E-state index in [1.54, 1.807) is 29.1 Å². The van der Waals surface area contributed by atoms with Crippen LogP contribution in [-0.4, -0.2) is 39.0 Å². The third-order valence-electron chi connectivity index (χ3n) is 3.36. The number of hydrogen-bond donors (Lipinski definition) is 1. The van der Waals surface area contributed by atoms with E-state index in [1.165, 1.54) is 34.4 Å². The fourth-order valence-corrected chi connectivity index (χ4v) is 5.17. The standard InChI is InChI=1S/C17H15ClN4O3S4/c1-2-25-14(24)7-11-8-27-15(19-11)20-13(23)9-28-16-21-22(17(26)29-16)12-5-3-10(18)4-6-12/h3-6,8H,2,7,9H2,1H3,(H,19,20,23). The molecule has 3 aromatic rings. The van der Waals surface area contributed by atoms with Gasteiger partial charge in [-0.05, 0) is 43.4 Å². The molecule has 29 heavy (non-hydrogen) atoms. The molecule has 152 valence electrons. The highest BCUT2D eigenvalue weighted by Gasteiger charge is 2.12. The van der Waals surface area contributed by atoms with Crippen molar-refractivity contribution in [2.24, 2.45) is 0 Å². The first-order valence-electron chi connectivity index (χ1n) is 8.33. The van der Waals surface area contributed by atoms with Crippen LogP contribution in [0.15, 0.2) is 34.0 Å². The van der Waals surface area contributed by atoms with Crippen molar-refractivity contribution in [1.29, 1.82) is 0 Å². The predicted molar refractivity (Wildman–Crippen MR) is 119 cm³/mol. The molecule has 0 aliphatic rings. The third kappa shape index (κ3) is 6.34. The van der Waals surface area contributed by atoms with Gasteiger partial charge in [-0.3, -0.25) is 9.59 Å².